The standard InChI is InChI=1S/C23H26ClN7O/c1-4-7-19-21(24)31(15(3)5-2)23(32)30(19)14-16-9-11-17(12-10-16)18-8-6-13-25-20(18)22-26-28-29-27-22/h6,8-13,15H,4-5,7,14H2,1-3H3,(H,26,27,28,29). The van der Waals surface area contributed by atoms with Gasteiger partial charge in [0.15, 0.2) is 5.82 Å². The molecule has 0 saturated heterocycles. The maximum Gasteiger partial charge on any atom is 0.330 e. The van der Waals surface area contributed by atoms with Crippen LogP contribution in [0, 0.1) is 0 Å². The molecule has 3 aromatic heterocycles. The number of benzene rings is 1. The lowest BCUT2D eigenvalue weighted by molar-refractivity contribution is 0.505. The Balaban J connectivity index is 1.67. The molecular weight excluding hydrogens is 426 g/mol. The molecule has 0 saturated carbocycles. The Morgan fingerprint density at radius 2 is 1.94 bits per heavy atom. The summed E-state index contributed by atoms with van der Waals surface area (Å²) in [5, 5.41) is 14.6. The van der Waals surface area contributed by atoms with E-state index in [2.05, 4.69) is 39.5 Å². The number of halogens is 1. The molecule has 1 unspecified atom stereocenters. The normalized spacial score (nSPS) is 12.2. The minimum Gasteiger partial charge on any atom is -0.290 e. The van der Waals surface area contributed by atoms with Gasteiger partial charge in [0.25, 0.3) is 0 Å². The highest BCUT2D eigenvalue weighted by Gasteiger charge is 2.21. The molecular formula is C23H26ClN7O. The van der Waals surface area contributed by atoms with E-state index in [1.165, 1.54) is 0 Å². The van der Waals surface area contributed by atoms with Crippen LogP contribution in [0.25, 0.3) is 22.6 Å². The fraction of sp³-hybridized carbons (Fsp3) is 0.348. The summed E-state index contributed by atoms with van der Waals surface area (Å²) in [4.78, 5) is 17.6. The van der Waals surface area contributed by atoms with Gasteiger partial charge in [-0.3, -0.25) is 14.1 Å². The minimum absolute atomic E-state index is 0.0516. The van der Waals surface area contributed by atoms with Gasteiger partial charge < -0.3 is 0 Å². The first-order valence-corrected chi connectivity index (χ1v) is 11.2. The fourth-order valence-corrected chi connectivity index (χ4v) is 4.28. The third kappa shape index (κ3) is 4.10. The van der Waals surface area contributed by atoms with Crippen molar-refractivity contribution in [1.29, 1.82) is 0 Å². The Kier molecular flexibility index (Phi) is 6.50. The second-order valence-corrected chi connectivity index (χ2v) is 8.19. The summed E-state index contributed by atoms with van der Waals surface area (Å²) in [5.74, 6) is 0.515. The Bertz CT molecular complexity index is 1240. The van der Waals surface area contributed by atoms with Crippen LogP contribution >= 0.6 is 11.6 Å². The molecule has 1 aromatic carbocycles. The Morgan fingerprint density at radius 1 is 1.16 bits per heavy atom. The molecule has 3 heterocycles. The largest absolute Gasteiger partial charge is 0.330 e. The Hall–Kier alpha value is -3.26. The summed E-state index contributed by atoms with van der Waals surface area (Å²) in [6, 6.07) is 12.0. The maximum absolute atomic E-state index is 13.2. The molecule has 0 aliphatic carbocycles. The van der Waals surface area contributed by atoms with Gasteiger partial charge in [0.2, 0.25) is 0 Å². The van der Waals surface area contributed by atoms with Crippen molar-refractivity contribution >= 4 is 11.6 Å². The van der Waals surface area contributed by atoms with Crippen LogP contribution in [-0.4, -0.2) is 34.7 Å². The summed E-state index contributed by atoms with van der Waals surface area (Å²) in [7, 11) is 0. The van der Waals surface area contributed by atoms with Crippen molar-refractivity contribution in [3.8, 4) is 22.6 Å². The van der Waals surface area contributed by atoms with Crippen LogP contribution in [0.2, 0.25) is 5.15 Å². The van der Waals surface area contributed by atoms with Crippen LogP contribution in [0.15, 0.2) is 47.4 Å². The lowest BCUT2D eigenvalue weighted by atomic mass is 10.0. The summed E-state index contributed by atoms with van der Waals surface area (Å²) >= 11 is 6.64. The van der Waals surface area contributed by atoms with E-state index < -0.39 is 0 Å². The third-order valence-corrected chi connectivity index (χ3v) is 6.11. The predicted molar refractivity (Wildman–Crippen MR) is 125 cm³/mol. The number of nitrogens with zero attached hydrogens (tertiary/aromatic N) is 6. The van der Waals surface area contributed by atoms with Crippen molar-refractivity contribution in [3.63, 3.8) is 0 Å². The SMILES string of the molecule is CCCc1c(Cl)n(C(C)CC)c(=O)n1Cc1ccc(-c2cccnc2-c2nnn[nH]2)cc1. The summed E-state index contributed by atoms with van der Waals surface area (Å²) in [6.45, 7) is 6.65. The molecule has 8 nitrogen and oxygen atoms in total. The molecule has 0 aliphatic rings. The number of rotatable bonds is 8. The van der Waals surface area contributed by atoms with Crippen molar-refractivity contribution in [3.05, 3.63) is 69.5 Å². The highest BCUT2D eigenvalue weighted by atomic mass is 35.5. The molecule has 4 aromatic rings. The van der Waals surface area contributed by atoms with Crippen LogP contribution < -0.4 is 5.69 Å². The molecule has 1 N–H and O–H groups in total. The van der Waals surface area contributed by atoms with E-state index in [-0.39, 0.29) is 11.7 Å². The van der Waals surface area contributed by atoms with Crippen molar-refractivity contribution < 1.29 is 0 Å². The van der Waals surface area contributed by atoms with Crippen molar-refractivity contribution in [2.45, 2.75) is 52.6 Å². The monoisotopic (exact) mass is 451 g/mol. The Morgan fingerprint density at radius 3 is 2.59 bits per heavy atom. The lowest BCUT2D eigenvalue weighted by Crippen LogP contribution is -2.27. The van der Waals surface area contributed by atoms with Gasteiger partial charge in [0, 0.05) is 17.8 Å². The summed E-state index contributed by atoms with van der Waals surface area (Å²) < 4.78 is 3.52. The zero-order chi connectivity index (χ0) is 22.7. The maximum atomic E-state index is 13.2. The fourth-order valence-electron chi connectivity index (χ4n) is 3.84. The number of hydrogen-bond donors (Lipinski definition) is 1. The number of H-pyrrole nitrogens is 1. The van der Waals surface area contributed by atoms with E-state index in [0.717, 1.165) is 41.6 Å². The molecule has 9 heteroatoms. The van der Waals surface area contributed by atoms with Crippen molar-refractivity contribution in [2.24, 2.45) is 0 Å². The topological polar surface area (TPSA) is 94.3 Å². The smallest absolute Gasteiger partial charge is 0.290 e. The molecule has 0 spiro atoms. The quantitative estimate of drug-likeness (QED) is 0.425. The van der Waals surface area contributed by atoms with Gasteiger partial charge in [-0.25, -0.2) is 9.89 Å². The summed E-state index contributed by atoms with van der Waals surface area (Å²) in [6.07, 6.45) is 4.24. The van der Waals surface area contributed by atoms with Gasteiger partial charge in [-0.1, -0.05) is 62.2 Å². The van der Waals surface area contributed by atoms with Crippen LogP contribution in [0.4, 0.5) is 0 Å². The zero-order valence-electron chi connectivity index (χ0n) is 18.4. The number of pyridine rings is 1. The van der Waals surface area contributed by atoms with Crippen LogP contribution in [-0.2, 0) is 13.0 Å². The lowest BCUT2D eigenvalue weighted by Gasteiger charge is -2.10. The molecule has 4 rings (SSSR count). The number of tetrazole rings is 1. The van der Waals surface area contributed by atoms with E-state index in [0.29, 0.717) is 23.2 Å². The van der Waals surface area contributed by atoms with Gasteiger partial charge in [0.1, 0.15) is 10.8 Å². The molecule has 0 radical (unpaired) electrons. The van der Waals surface area contributed by atoms with E-state index in [4.69, 9.17) is 11.6 Å². The van der Waals surface area contributed by atoms with Crippen LogP contribution in [0.5, 0.6) is 0 Å². The Labute approximate surface area is 191 Å². The molecule has 166 valence electrons. The molecule has 32 heavy (non-hydrogen) atoms. The van der Waals surface area contributed by atoms with E-state index >= 15 is 0 Å². The number of aromatic amines is 1. The minimum atomic E-state index is -0.0516. The number of aromatic nitrogens is 7. The number of hydrogen-bond acceptors (Lipinski definition) is 5. The van der Waals surface area contributed by atoms with Gasteiger partial charge in [0.05, 0.1) is 12.2 Å². The van der Waals surface area contributed by atoms with Crippen LogP contribution in [0.1, 0.15) is 50.9 Å². The molecule has 1 atom stereocenters. The van der Waals surface area contributed by atoms with E-state index in [9.17, 15) is 4.79 Å². The second-order valence-electron chi connectivity index (χ2n) is 7.83. The second kappa shape index (κ2) is 9.48. The highest BCUT2D eigenvalue weighted by Crippen LogP contribution is 2.28. The van der Waals surface area contributed by atoms with Gasteiger partial charge in [-0.05, 0) is 47.4 Å². The van der Waals surface area contributed by atoms with E-state index in [1.54, 1.807) is 10.8 Å². The van der Waals surface area contributed by atoms with Crippen LogP contribution in [0.3, 0.4) is 0 Å². The zero-order valence-corrected chi connectivity index (χ0v) is 19.2. The molecule has 0 bridgehead atoms. The van der Waals surface area contributed by atoms with Gasteiger partial charge in [-0.2, -0.15) is 0 Å². The van der Waals surface area contributed by atoms with Crippen molar-refractivity contribution in [2.75, 3.05) is 0 Å². The van der Waals surface area contributed by atoms with E-state index in [1.807, 2.05) is 47.9 Å². The average Bonchev–Trinajstić information content (AvgIpc) is 3.43. The molecule has 0 aliphatic heterocycles. The highest BCUT2D eigenvalue weighted by molar-refractivity contribution is 6.30. The van der Waals surface area contributed by atoms with Gasteiger partial charge >= 0.3 is 5.69 Å². The first kappa shape index (κ1) is 22.0. The molecule has 0 fully saturated rings. The first-order chi connectivity index (χ1) is 15.5. The first-order valence-electron chi connectivity index (χ1n) is 10.8. The van der Waals surface area contributed by atoms with Gasteiger partial charge in [-0.15, -0.1) is 5.10 Å². The number of nitrogens with one attached hydrogen (secondary N) is 1. The average molecular weight is 452 g/mol. The predicted octanol–water partition coefficient (Wildman–Crippen LogP) is 4.52. The van der Waals surface area contributed by atoms with Crippen molar-refractivity contribution in [1.82, 2.24) is 34.7 Å². The summed E-state index contributed by atoms with van der Waals surface area (Å²) in [5.41, 5.74) is 4.47. The number of imidazole rings is 1. The molecule has 0 amide bonds. The third-order valence-electron chi connectivity index (χ3n) is 5.71.